The van der Waals surface area contributed by atoms with Crippen molar-refractivity contribution in [1.29, 1.82) is 0 Å². The highest BCUT2D eigenvalue weighted by Crippen LogP contribution is 2.46. The highest BCUT2D eigenvalue weighted by molar-refractivity contribution is 7.26. The van der Waals surface area contributed by atoms with E-state index in [1.54, 1.807) is 0 Å². The van der Waals surface area contributed by atoms with Gasteiger partial charge in [0.15, 0.2) is 0 Å². The molecule has 3 heteroatoms. The number of hydrogen-bond donors (Lipinski definition) is 0. The predicted octanol–water partition coefficient (Wildman–Crippen LogP) is 14.0. The Balaban J connectivity index is 1.27. The van der Waals surface area contributed by atoms with Crippen LogP contribution in [0.15, 0.2) is 194 Å². The molecule has 0 aliphatic heterocycles. The summed E-state index contributed by atoms with van der Waals surface area (Å²) < 4.78 is 5.04. The number of aromatic nitrogens is 1. The van der Waals surface area contributed by atoms with Crippen molar-refractivity contribution in [1.82, 2.24) is 4.57 Å². The highest BCUT2D eigenvalue weighted by atomic mass is 32.1. The van der Waals surface area contributed by atoms with Crippen LogP contribution < -0.4 is 4.90 Å². The standard InChI is InChI=1S/C48H32N2S/c1-3-14-33(15-4-1)35-26-28-37(29-27-35)49(38-19-13-18-36(30-38)34-16-5-2-6-17-34)39-31-43-42-22-9-12-25-47(42)51-48(43)46(32-39)50-44-23-10-7-20-40(44)41-21-8-11-24-45(41)50/h1-32H. The number of anilines is 3. The Morgan fingerprint density at radius 3 is 1.59 bits per heavy atom. The van der Waals surface area contributed by atoms with Crippen molar-refractivity contribution in [2.45, 2.75) is 0 Å². The molecule has 0 aliphatic rings. The van der Waals surface area contributed by atoms with Crippen LogP contribution in [-0.2, 0) is 0 Å². The topological polar surface area (TPSA) is 8.17 Å². The summed E-state index contributed by atoms with van der Waals surface area (Å²) in [6.07, 6.45) is 0. The van der Waals surface area contributed by atoms with E-state index < -0.39 is 0 Å². The zero-order valence-electron chi connectivity index (χ0n) is 27.8. The normalized spacial score (nSPS) is 11.5. The smallest absolute Gasteiger partial charge is 0.0661 e. The Kier molecular flexibility index (Phi) is 7.04. The van der Waals surface area contributed by atoms with Crippen molar-refractivity contribution >= 4 is 70.4 Å². The Bertz CT molecular complexity index is 2790. The van der Waals surface area contributed by atoms with Gasteiger partial charge < -0.3 is 9.47 Å². The summed E-state index contributed by atoms with van der Waals surface area (Å²) in [5.74, 6) is 0. The number of thiophene rings is 1. The van der Waals surface area contributed by atoms with E-state index in [2.05, 4.69) is 204 Å². The molecule has 0 saturated heterocycles. The molecule has 0 radical (unpaired) electrons. The third kappa shape index (κ3) is 5.01. The highest BCUT2D eigenvalue weighted by Gasteiger charge is 2.21. The van der Waals surface area contributed by atoms with E-state index in [0.717, 1.165) is 17.1 Å². The average molecular weight is 669 g/mol. The first-order valence-electron chi connectivity index (χ1n) is 17.4. The molecule has 0 spiro atoms. The lowest BCUT2D eigenvalue weighted by Gasteiger charge is -2.27. The number of hydrogen-bond acceptors (Lipinski definition) is 2. The fraction of sp³-hybridized carbons (Fsp3) is 0. The van der Waals surface area contributed by atoms with E-state index in [-0.39, 0.29) is 0 Å². The summed E-state index contributed by atoms with van der Waals surface area (Å²) in [7, 11) is 0. The van der Waals surface area contributed by atoms with Gasteiger partial charge in [0.05, 0.1) is 21.4 Å². The molecule has 0 fully saturated rings. The van der Waals surface area contributed by atoms with Gasteiger partial charge in [-0.2, -0.15) is 0 Å². The van der Waals surface area contributed by atoms with Crippen LogP contribution in [-0.4, -0.2) is 4.57 Å². The summed E-state index contributed by atoms with van der Waals surface area (Å²) in [4.78, 5) is 2.42. The lowest BCUT2D eigenvalue weighted by Crippen LogP contribution is -2.11. The van der Waals surface area contributed by atoms with Gasteiger partial charge in [0, 0.05) is 43.3 Å². The molecule has 2 heterocycles. The molecular formula is C48H32N2S. The molecule has 0 N–H and O–H groups in total. The Hall–Kier alpha value is -6.42. The molecule has 0 saturated carbocycles. The van der Waals surface area contributed by atoms with Crippen LogP contribution in [0.25, 0.3) is 69.9 Å². The van der Waals surface area contributed by atoms with E-state index in [1.807, 2.05) is 11.3 Å². The first kappa shape index (κ1) is 29.5. The Labute approximate surface area is 300 Å². The maximum Gasteiger partial charge on any atom is 0.0661 e. The van der Waals surface area contributed by atoms with Crippen molar-refractivity contribution < 1.29 is 0 Å². The molecule has 0 atom stereocenters. The molecule has 8 aromatic carbocycles. The summed E-state index contributed by atoms with van der Waals surface area (Å²) >= 11 is 1.88. The zero-order chi connectivity index (χ0) is 33.7. The van der Waals surface area contributed by atoms with E-state index in [0.29, 0.717) is 0 Å². The molecule has 0 unspecified atom stereocenters. The average Bonchev–Trinajstić information content (AvgIpc) is 3.75. The molecule has 10 aromatic rings. The molecule has 0 bridgehead atoms. The minimum atomic E-state index is 1.10. The van der Waals surface area contributed by atoms with Crippen LogP contribution in [0.3, 0.4) is 0 Å². The monoisotopic (exact) mass is 668 g/mol. The largest absolute Gasteiger partial charge is 0.310 e. The van der Waals surface area contributed by atoms with Gasteiger partial charge in [0.2, 0.25) is 0 Å². The van der Waals surface area contributed by atoms with Gasteiger partial charge in [-0.15, -0.1) is 11.3 Å². The minimum Gasteiger partial charge on any atom is -0.310 e. The van der Waals surface area contributed by atoms with Crippen molar-refractivity contribution in [3.63, 3.8) is 0 Å². The third-order valence-electron chi connectivity index (χ3n) is 9.97. The fourth-order valence-corrected chi connectivity index (χ4v) is 8.80. The van der Waals surface area contributed by atoms with Gasteiger partial charge in [-0.1, -0.05) is 140 Å². The number of nitrogens with zero attached hydrogens (tertiary/aromatic N) is 2. The number of rotatable bonds is 6. The van der Waals surface area contributed by atoms with Gasteiger partial charge in [0.25, 0.3) is 0 Å². The second kappa shape index (κ2) is 12.2. The maximum absolute atomic E-state index is 2.48. The number of fused-ring (bicyclic) bond motifs is 6. The van der Waals surface area contributed by atoms with E-state index in [4.69, 9.17) is 0 Å². The van der Waals surface area contributed by atoms with Crippen molar-refractivity contribution in [3.8, 4) is 27.9 Å². The third-order valence-corrected chi connectivity index (χ3v) is 11.2. The quantitative estimate of drug-likeness (QED) is 0.171. The summed E-state index contributed by atoms with van der Waals surface area (Å²) in [5.41, 5.74) is 11.7. The van der Waals surface area contributed by atoms with Crippen LogP contribution in [0, 0.1) is 0 Å². The fourth-order valence-electron chi connectivity index (χ4n) is 7.61. The van der Waals surface area contributed by atoms with Crippen molar-refractivity contribution in [2.75, 3.05) is 4.90 Å². The SMILES string of the molecule is c1ccc(-c2ccc(N(c3cccc(-c4ccccc4)c3)c3cc(-n4c5ccccc5c5ccccc54)c4sc5ccccc5c4c3)cc2)cc1. The van der Waals surface area contributed by atoms with Gasteiger partial charge in [-0.05, 0) is 76.9 Å². The van der Waals surface area contributed by atoms with E-state index >= 15 is 0 Å². The number of para-hydroxylation sites is 2. The Morgan fingerprint density at radius 2 is 0.902 bits per heavy atom. The Morgan fingerprint density at radius 1 is 0.353 bits per heavy atom. The minimum absolute atomic E-state index is 1.10. The van der Waals surface area contributed by atoms with E-state index in [9.17, 15) is 0 Å². The van der Waals surface area contributed by atoms with E-state index in [1.165, 1.54) is 69.9 Å². The van der Waals surface area contributed by atoms with Crippen molar-refractivity contribution in [3.05, 3.63) is 194 Å². The molecule has 10 rings (SSSR count). The molecule has 240 valence electrons. The lowest BCUT2D eigenvalue weighted by molar-refractivity contribution is 1.19. The molecule has 2 aromatic heterocycles. The summed E-state index contributed by atoms with van der Waals surface area (Å²) in [5, 5.41) is 5.06. The van der Waals surface area contributed by atoms with Crippen LogP contribution >= 0.6 is 11.3 Å². The number of benzene rings is 8. The molecule has 0 aliphatic carbocycles. The summed E-state index contributed by atoms with van der Waals surface area (Å²) in [6.45, 7) is 0. The van der Waals surface area contributed by atoms with Crippen LogP contribution in [0.5, 0.6) is 0 Å². The van der Waals surface area contributed by atoms with Gasteiger partial charge in [-0.25, -0.2) is 0 Å². The molecular weight excluding hydrogens is 637 g/mol. The molecule has 0 amide bonds. The second-order valence-corrected chi connectivity index (χ2v) is 14.0. The molecule has 51 heavy (non-hydrogen) atoms. The summed E-state index contributed by atoms with van der Waals surface area (Å²) in [6, 6.07) is 70.4. The first-order valence-corrected chi connectivity index (χ1v) is 18.2. The van der Waals surface area contributed by atoms with Gasteiger partial charge in [-0.3, -0.25) is 0 Å². The van der Waals surface area contributed by atoms with Crippen LogP contribution in [0.4, 0.5) is 17.1 Å². The van der Waals surface area contributed by atoms with Crippen LogP contribution in [0.2, 0.25) is 0 Å². The maximum atomic E-state index is 2.48. The second-order valence-electron chi connectivity index (χ2n) is 13.0. The first-order chi connectivity index (χ1) is 25.3. The van der Waals surface area contributed by atoms with Crippen LogP contribution in [0.1, 0.15) is 0 Å². The zero-order valence-corrected chi connectivity index (χ0v) is 28.6. The predicted molar refractivity (Wildman–Crippen MR) is 219 cm³/mol. The molecule has 2 nitrogen and oxygen atoms in total. The van der Waals surface area contributed by atoms with Crippen molar-refractivity contribution in [2.24, 2.45) is 0 Å². The van der Waals surface area contributed by atoms with Gasteiger partial charge >= 0.3 is 0 Å². The van der Waals surface area contributed by atoms with Gasteiger partial charge in [0.1, 0.15) is 0 Å². The lowest BCUT2D eigenvalue weighted by atomic mass is 10.0.